The second kappa shape index (κ2) is 7.24. The maximum atomic E-state index is 13.1. The first-order chi connectivity index (χ1) is 13.2. The zero-order valence-electron chi connectivity index (χ0n) is 14.6. The number of rotatable bonds is 5. The fraction of sp³-hybridized carbons (Fsp3) is 0.158. The van der Waals surface area contributed by atoms with Crippen LogP contribution in [0.25, 0.3) is 22.4 Å². The molecule has 1 N–H and O–H groups in total. The van der Waals surface area contributed by atoms with Crippen LogP contribution in [0.3, 0.4) is 0 Å². The van der Waals surface area contributed by atoms with Gasteiger partial charge in [0.15, 0.2) is 5.16 Å². The molecule has 4 aromatic rings. The monoisotopic (exact) mass is 379 g/mol. The van der Waals surface area contributed by atoms with Crippen molar-refractivity contribution in [1.82, 2.24) is 24.5 Å². The van der Waals surface area contributed by atoms with Crippen LogP contribution in [0.2, 0.25) is 0 Å². The lowest BCUT2D eigenvalue weighted by molar-refractivity contribution is -0.118. The second-order valence-corrected chi connectivity index (χ2v) is 6.80. The Morgan fingerprint density at radius 1 is 1.07 bits per heavy atom. The molecular formula is C19H17N5O2S. The molecule has 0 saturated heterocycles. The molecule has 0 unspecified atom stereocenters. The van der Waals surface area contributed by atoms with Gasteiger partial charge in [0.25, 0.3) is 5.56 Å². The van der Waals surface area contributed by atoms with Crippen LogP contribution < -0.4 is 10.9 Å². The van der Waals surface area contributed by atoms with Crippen molar-refractivity contribution in [3.8, 4) is 5.69 Å². The van der Waals surface area contributed by atoms with Gasteiger partial charge in [0.2, 0.25) is 11.7 Å². The van der Waals surface area contributed by atoms with E-state index in [-0.39, 0.29) is 17.2 Å². The summed E-state index contributed by atoms with van der Waals surface area (Å²) >= 11 is 1.29. The molecule has 0 bridgehead atoms. The van der Waals surface area contributed by atoms with Crippen molar-refractivity contribution in [3.05, 3.63) is 65.0 Å². The van der Waals surface area contributed by atoms with Gasteiger partial charge in [0.1, 0.15) is 0 Å². The zero-order valence-corrected chi connectivity index (χ0v) is 15.4. The molecule has 0 saturated carbocycles. The van der Waals surface area contributed by atoms with Crippen LogP contribution >= 0.6 is 11.8 Å². The number of nitrogens with zero attached hydrogens (tertiary/aromatic N) is 4. The molecule has 2 aromatic heterocycles. The molecule has 0 atom stereocenters. The van der Waals surface area contributed by atoms with E-state index in [1.807, 2.05) is 59.9 Å². The largest absolute Gasteiger partial charge is 0.356 e. The number of amides is 1. The van der Waals surface area contributed by atoms with E-state index in [0.717, 1.165) is 0 Å². The number of benzene rings is 2. The summed E-state index contributed by atoms with van der Waals surface area (Å²) in [6.45, 7) is 2.46. The Morgan fingerprint density at radius 2 is 1.81 bits per heavy atom. The molecule has 2 heterocycles. The topological polar surface area (TPSA) is 81.3 Å². The Labute approximate surface area is 159 Å². The third kappa shape index (κ3) is 3.08. The van der Waals surface area contributed by atoms with Gasteiger partial charge in [-0.25, -0.2) is 4.57 Å². The van der Waals surface area contributed by atoms with Crippen LogP contribution in [0.15, 0.2) is 64.5 Å². The highest BCUT2D eigenvalue weighted by atomic mass is 32.2. The number of thioether (sulfide) groups is 1. The number of hydrogen-bond acceptors (Lipinski definition) is 5. The average molecular weight is 379 g/mol. The number of carbonyl (C=O) groups excluding carboxylic acids is 1. The molecule has 27 heavy (non-hydrogen) atoms. The lowest BCUT2D eigenvalue weighted by atomic mass is 10.2. The van der Waals surface area contributed by atoms with Crippen LogP contribution in [0.5, 0.6) is 0 Å². The van der Waals surface area contributed by atoms with E-state index >= 15 is 0 Å². The summed E-state index contributed by atoms with van der Waals surface area (Å²) in [6.07, 6.45) is 0. The summed E-state index contributed by atoms with van der Waals surface area (Å²) in [5.74, 6) is 0.580. The van der Waals surface area contributed by atoms with Crippen molar-refractivity contribution in [1.29, 1.82) is 0 Å². The van der Waals surface area contributed by atoms with Crippen LogP contribution in [0.4, 0.5) is 0 Å². The van der Waals surface area contributed by atoms with E-state index in [1.54, 1.807) is 10.6 Å². The molecular weight excluding hydrogens is 362 g/mol. The van der Waals surface area contributed by atoms with Crippen LogP contribution in [-0.2, 0) is 4.79 Å². The summed E-state index contributed by atoms with van der Waals surface area (Å²) < 4.78 is 3.37. The van der Waals surface area contributed by atoms with E-state index in [4.69, 9.17) is 0 Å². The number of carbonyl (C=O) groups is 1. The molecule has 0 fully saturated rings. The van der Waals surface area contributed by atoms with Crippen LogP contribution in [-0.4, -0.2) is 37.4 Å². The Balaban J connectivity index is 1.95. The second-order valence-electron chi connectivity index (χ2n) is 5.85. The lowest BCUT2D eigenvalue weighted by Gasteiger charge is -2.11. The molecule has 0 spiro atoms. The maximum absolute atomic E-state index is 13.1. The highest BCUT2D eigenvalue weighted by Crippen LogP contribution is 2.22. The summed E-state index contributed by atoms with van der Waals surface area (Å²) in [5, 5.41) is 12.4. The quantitative estimate of drug-likeness (QED) is 0.538. The first kappa shape index (κ1) is 17.3. The van der Waals surface area contributed by atoms with Crippen molar-refractivity contribution >= 4 is 34.3 Å². The van der Waals surface area contributed by atoms with Crippen molar-refractivity contribution < 1.29 is 4.79 Å². The average Bonchev–Trinajstić information content (AvgIpc) is 3.11. The first-order valence-electron chi connectivity index (χ1n) is 8.54. The smallest absolute Gasteiger partial charge is 0.267 e. The van der Waals surface area contributed by atoms with Crippen LogP contribution in [0, 0.1) is 0 Å². The molecule has 0 radical (unpaired) electrons. The molecule has 2 aromatic carbocycles. The molecule has 7 nitrogen and oxygen atoms in total. The van der Waals surface area contributed by atoms with Crippen molar-refractivity contribution in [3.63, 3.8) is 0 Å². The predicted octanol–water partition coefficient (Wildman–Crippen LogP) is 2.26. The number of para-hydroxylation sites is 2. The standard InChI is InChI=1S/C19H17N5O2S/c1-2-20-16(25)12-27-19-22-21-18-23(13-8-4-3-5-9-13)17(26)14-10-6-7-11-15(14)24(18)19/h3-11H,2,12H2,1H3,(H,20,25). The van der Waals surface area contributed by atoms with Gasteiger partial charge < -0.3 is 5.32 Å². The molecule has 4 rings (SSSR count). The molecule has 136 valence electrons. The third-order valence-corrected chi connectivity index (χ3v) is 5.04. The summed E-state index contributed by atoms with van der Waals surface area (Å²) in [6, 6.07) is 16.7. The van der Waals surface area contributed by atoms with Gasteiger partial charge in [0.05, 0.1) is 22.3 Å². The minimum Gasteiger partial charge on any atom is -0.356 e. The minimum atomic E-state index is -0.156. The number of hydrogen-bond donors (Lipinski definition) is 1. The zero-order chi connectivity index (χ0) is 18.8. The van der Waals surface area contributed by atoms with Gasteiger partial charge in [-0.1, -0.05) is 42.1 Å². The molecule has 0 aliphatic rings. The SMILES string of the molecule is CCNC(=O)CSc1nnc2n(-c3ccccc3)c(=O)c3ccccc3n12. The van der Waals surface area contributed by atoms with E-state index in [2.05, 4.69) is 15.5 Å². The van der Waals surface area contributed by atoms with Crippen LogP contribution in [0.1, 0.15) is 6.92 Å². The first-order valence-corrected chi connectivity index (χ1v) is 9.53. The predicted molar refractivity (Wildman–Crippen MR) is 105 cm³/mol. The summed E-state index contributed by atoms with van der Waals surface area (Å²) in [5.41, 5.74) is 1.27. The normalized spacial score (nSPS) is 11.1. The Hall–Kier alpha value is -3.13. The van der Waals surface area contributed by atoms with E-state index in [0.29, 0.717) is 34.1 Å². The van der Waals surface area contributed by atoms with Crippen molar-refractivity contribution in [2.24, 2.45) is 0 Å². The third-order valence-electron chi connectivity index (χ3n) is 4.12. The molecule has 1 amide bonds. The molecule has 0 aliphatic heterocycles. The van der Waals surface area contributed by atoms with E-state index < -0.39 is 0 Å². The number of fused-ring (bicyclic) bond motifs is 3. The fourth-order valence-electron chi connectivity index (χ4n) is 2.96. The van der Waals surface area contributed by atoms with E-state index in [1.165, 1.54) is 11.8 Å². The summed E-state index contributed by atoms with van der Waals surface area (Å²) in [7, 11) is 0. The van der Waals surface area contributed by atoms with Crippen molar-refractivity contribution in [2.45, 2.75) is 12.1 Å². The summed E-state index contributed by atoms with van der Waals surface area (Å²) in [4.78, 5) is 25.0. The van der Waals surface area contributed by atoms with Crippen molar-refractivity contribution in [2.75, 3.05) is 12.3 Å². The Morgan fingerprint density at radius 3 is 2.59 bits per heavy atom. The lowest BCUT2D eigenvalue weighted by Crippen LogP contribution is -2.24. The Bertz CT molecular complexity index is 1180. The maximum Gasteiger partial charge on any atom is 0.267 e. The van der Waals surface area contributed by atoms with Gasteiger partial charge >= 0.3 is 0 Å². The Kier molecular flexibility index (Phi) is 4.64. The minimum absolute atomic E-state index is 0.0695. The van der Waals surface area contributed by atoms with Gasteiger partial charge in [-0.15, -0.1) is 10.2 Å². The highest BCUT2D eigenvalue weighted by molar-refractivity contribution is 7.99. The molecule has 0 aliphatic carbocycles. The van der Waals surface area contributed by atoms with Gasteiger partial charge in [-0.3, -0.25) is 14.0 Å². The molecule has 8 heteroatoms. The van der Waals surface area contributed by atoms with Gasteiger partial charge in [0, 0.05) is 6.54 Å². The van der Waals surface area contributed by atoms with Gasteiger partial charge in [-0.05, 0) is 31.2 Å². The number of nitrogens with one attached hydrogen (secondary N) is 1. The number of aromatic nitrogens is 4. The van der Waals surface area contributed by atoms with Gasteiger partial charge in [-0.2, -0.15) is 0 Å². The van der Waals surface area contributed by atoms with E-state index in [9.17, 15) is 9.59 Å². The fourth-order valence-corrected chi connectivity index (χ4v) is 3.73. The highest BCUT2D eigenvalue weighted by Gasteiger charge is 2.18.